The zero-order chi connectivity index (χ0) is 10.1. The van der Waals surface area contributed by atoms with E-state index in [4.69, 9.17) is 9.47 Å². The predicted molar refractivity (Wildman–Crippen MR) is 45.3 cm³/mol. The third-order valence-corrected chi connectivity index (χ3v) is 2.06. The van der Waals surface area contributed by atoms with Crippen LogP contribution in [0.2, 0.25) is 0 Å². The molecule has 0 N–H and O–H groups in total. The molecule has 1 aliphatic rings. The number of methoxy groups -OCH3 is 1. The first-order chi connectivity index (χ1) is 6.72. The first-order valence-electron chi connectivity index (χ1n) is 4.07. The molecule has 1 aromatic heterocycles. The minimum absolute atomic E-state index is 0.0434. The van der Waals surface area contributed by atoms with Crippen molar-refractivity contribution in [1.29, 1.82) is 0 Å². The van der Waals surface area contributed by atoms with Crippen LogP contribution < -0.4 is 4.74 Å². The minimum Gasteiger partial charge on any atom is -0.475 e. The van der Waals surface area contributed by atoms with Gasteiger partial charge in [0.05, 0.1) is 31.3 Å². The molecule has 7 heteroatoms. The average molecular weight is 199 g/mol. The molecule has 1 saturated heterocycles. The summed E-state index contributed by atoms with van der Waals surface area (Å²) in [4.78, 5) is 10.1. The zero-order valence-electron chi connectivity index (χ0n) is 7.54. The second-order valence-electron chi connectivity index (χ2n) is 2.95. The van der Waals surface area contributed by atoms with Gasteiger partial charge in [0.15, 0.2) is 0 Å². The number of nitrogens with zero attached hydrogens (tertiary/aromatic N) is 3. The zero-order valence-corrected chi connectivity index (χ0v) is 7.54. The SMILES string of the molecule is COc1nn(C2COC2)cc1[N+](=O)[O-]. The largest absolute Gasteiger partial charge is 0.475 e. The summed E-state index contributed by atoms with van der Waals surface area (Å²) in [5.41, 5.74) is -0.112. The highest BCUT2D eigenvalue weighted by molar-refractivity contribution is 5.38. The van der Waals surface area contributed by atoms with E-state index in [-0.39, 0.29) is 17.6 Å². The molecule has 0 bridgehead atoms. The molecule has 0 amide bonds. The predicted octanol–water partition coefficient (Wildman–Crippen LogP) is 0.371. The van der Waals surface area contributed by atoms with Crippen LogP contribution in [0.1, 0.15) is 6.04 Å². The highest BCUT2D eigenvalue weighted by Crippen LogP contribution is 2.27. The Hall–Kier alpha value is -1.63. The Kier molecular flexibility index (Phi) is 2.08. The lowest BCUT2D eigenvalue weighted by Gasteiger charge is -2.25. The van der Waals surface area contributed by atoms with Crippen LogP contribution in [0.25, 0.3) is 0 Å². The lowest BCUT2D eigenvalue weighted by molar-refractivity contribution is -0.385. The number of nitro groups is 1. The second-order valence-corrected chi connectivity index (χ2v) is 2.95. The summed E-state index contributed by atoms with van der Waals surface area (Å²) >= 11 is 0. The number of hydrogen-bond donors (Lipinski definition) is 0. The fourth-order valence-corrected chi connectivity index (χ4v) is 1.20. The summed E-state index contributed by atoms with van der Waals surface area (Å²) in [7, 11) is 1.36. The van der Waals surface area contributed by atoms with Gasteiger partial charge in [-0.05, 0) is 0 Å². The molecule has 0 saturated carbocycles. The molecule has 0 unspecified atom stereocenters. The summed E-state index contributed by atoms with van der Waals surface area (Å²) in [5, 5.41) is 14.5. The maximum Gasteiger partial charge on any atom is 0.350 e. The van der Waals surface area contributed by atoms with Gasteiger partial charge in [-0.1, -0.05) is 0 Å². The van der Waals surface area contributed by atoms with E-state index < -0.39 is 4.92 Å². The Morgan fingerprint density at radius 1 is 1.79 bits per heavy atom. The number of ether oxygens (including phenoxy) is 2. The fourth-order valence-electron chi connectivity index (χ4n) is 1.20. The normalized spacial score (nSPS) is 16.4. The Balaban J connectivity index is 2.30. The van der Waals surface area contributed by atoms with Crippen LogP contribution in [0.5, 0.6) is 5.88 Å². The van der Waals surface area contributed by atoms with Crippen LogP contribution in [0, 0.1) is 10.1 Å². The first-order valence-corrected chi connectivity index (χ1v) is 4.07. The summed E-state index contributed by atoms with van der Waals surface area (Å²) in [5.74, 6) is 0.0434. The van der Waals surface area contributed by atoms with Crippen LogP contribution in [-0.4, -0.2) is 35.0 Å². The summed E-state index contributed by atoms with van der Waals surface area (Å²) < 4.78 is 11.3. The van der Waals surface area contributed by atoms with Crippen molar-refractivity contribution in [3.8, 4) is 5.88 Å². The molecule has 7 nitrogen and oxygen atoms in total. The highest BCUT2D eigenvalue weighted by Gasteiger charge is 2.27. The lowest BCUT2D eigenvalue weighted by Crippen LogP contribution is -2.30. The van der Waals surface area contributed by atoms with E-state index in [2.05, 4.69) is 5.10 Å². The average Bonchev–Trinajstić information content (AvgIpc) is 2.45. The van der Waals surface area contributed by atoms with Crippen molar-refractivity contribution in [3.05, 3.63) is 16.3 Å². The molecule has 0 atom stereocenters. The molecule has 2 rings (SSSR count). The quantitative estimate of drug-likeness (QED) is 0.519. The van der Waals surface area contributed by atoms with Crippen LogP contribution in [-0.2, 0) is 4.74 Å². The Morgan fingerprint density at radius 3 is 2.86 bits per heavy atom. The van der Waals surface area contributed by atoms with Crippen LogP contribution >= 0.6 is 0 Å². The molecule has 1 aliphatic heterocycles. The topological polar surface area (TPSA) is 79.4 Å². The molecular formula is C7H9N3O4. The molecular weight excluding hydrogens is 190 g/mol. The van der Waals surface area contributed by atoms with Crippen LogP contribution in [0.15, 0.2) is 6.20 Å². The third kappa shape index (κ3) is 1.31. The van der Waals surface area contributed by atoms with E-state index >= 15 is 0 Å². The van der Waals surface area contributed by atoms with Crippen LogP contribution in [0.4, 0.5) is 5.69 Å². The van der Waals surface area contributed by atoms with Crippen molar-refractivity contribution < 1.29 is 14.4 Å². The first kappa shape index (κ1) is 8.95. The van der Waals surface area contributed by atoms with E-state index in [0.717, 1.165) is 0 Å². The fraction of sp³-hybridized carbons (Fsp3) is 0.571. The van der Waals surface area contributed by atoms with Gasteiger partial charge in [-0.2, -0.15) is 0 Å². The molecule has 2 heterocycles. The Bertz CT molecular complexity index is 358. The van der Waals surface area contributed by atoms with Crippen molar-refractivity contribution >= 4 is 5.69 Å². The summed E-state index contributed by atoms with van der Waals surface area (Å²) in [6.45, 7) is 1.09. The van der Waals surface area contributed by atoms with Gasteiger partial charge < -0.3 is 9.47 Å². The standard InChI is InChI=1S/C7H9N3O4/c1-13-7-6(10(11)12)2-9(8-7)5-3-14-4-5/h2,5H,3-4H2,1H3. The Morgan fingerprint density at radius 2 is 2.50 bits per heavy atom. The maximum atomic E-state index is 10.6. The van der Waals surface area contributed by atoms with Crippen molar-refractivity contribution in [3.63, 3.8) is 0 Å². The van der Waals surface area contributed by atoms with Gasteiger partial charge in [0, 0.05) is 0 Å². The molecule has 0 radical (unpaired) electrons. The summed E-state index contributed by atoms with van der Waals surface area (Å²) in [6.07, 6.45) is 1.37. The van der Waals surface area contributed by atoms with Crippen molar-refractivity contribution in [2.75, 3.05) is 20.3 Å². The molecule has 1 fully saturated rings. The van der Waals surface area contributed by atoms with E-state index in [1.54, 1.807) is 0 Å². The van der Waals surface area contributed by atoms with Crippen LogP contribution in [0.3, 0.4) is 0 Å². The highest BCUT2D eigenvalue weighted by atomic mass is 16.6. The lowest BCUT2D eigenvalue weighted by atomic mass is 10.3. The molecule has 1 aromatic rings. The molecule has 14 heavy (non-hydrogen) atoms. The monoisotopic (exact) mass is 199 g/mol. The minimum atomic E-state index is -0.512. The number of aromatic nitrogens is 2. The molecule has 76 valence electrons. The van der Waals surface area contributed by atoms with E-state index in [1.807, 2.05) is 0 Å². The van der Waals surface area contributed by atoms with E-state index in [1.165, 1.54) is 18.0 Å². The van der Waals surface area contributed by atoms with Crippen molar-refractivity contribution in [2.24, 2.45) is 0 Å². The Labute approximate surface area is 79.4 Å². The van der Waals surface area contributed by atoms with Gasteiger partial charge in [-0.25, -0.2) is 0 Å². The second kappa shape index (κ2) is 3.26. The van der Waals surface area contributed by atoms with Crippen molar-refractivity contribution in [1.82, 2.24) is 9.78 Å². The van der Waals surface area contributed by atoms with Gasteiger partial charge in [0.2, 0.25) is 0 Å². The number of hydrogen-bond acceptors (Lipinski definition) is 5. The van der Waals surface area contributed by atoms with Gasteiger partial charge in [0.1, 0.15) is 6.20 Å². The van der Waals surface area contributed by atoms with Crippen molar-refractivity contribution in [2.45, 2.75) is 6.04 Å². The van der Waals surface area contributed by atoms with Gasteiger partial charge in [-0.3, -0.25) is 14.8 Å². The summed E-state index contributed by atoms with van der Waals surface area (Å²) in [6, 6.07) is 0.0950. The maximum absolute atomic E-state index is 10.6. The van der Waals surface area contributed by atoms with E-state index in [9.17, 15) is 10.1 Å². The number of rotatable bonds is 3. The van der Waals surface area contributed by atoms with Gasteiger partial charge in [-0.15, -0.1) is 5.10 Å². The molecule has 0 aliphatic carbocycles. The third-order valence-electron chi connectivity index (χ3n) is 2.06. The van der Waals surface area contributed by atoms with E-state index in [0.29, 0.717) is 13.2 Å². The van der Waals surface area contributed by atoms with Gasteiger partial charge >= 0.3 is 11.6 Å². The van der Waals surface area contributed by atoms with Gasteiger partial charge in [0.25, 0.3) is 0 Å². The molecule has 0 spiro atoms. The smallest absolute Gasteiger partial charge is 0.350 e. The molecule has 0 aromatic carbocycles.